The van der Waals surface area contributed by atoms with Crippen LogP contribution in [0.25, 0.3) is 0 Å². The lowest BCUT2D eigenvalue weighted by Crippen LogP contribution is -1.97. The molecule has 80 valence electrons. The van der Waals surface area contributed by atoms with Gasteiger partial charge < -0.3 is 15.9 Å². The van der Waals surface area contributed by atoms with Gasteiger partial charge in [0.2, 0.25) is 5.43 Å². The number of nitrogen functional groups attached to an aromatic ring is 1. The topological polar surface area (TPSA) is 101 Å². The minimum absolute atomic E-state index is 0.0367. The molecule has 5 heteroatoms. The Morgan fingerprint density at radius 1 is 1.40 bits per heavy atom. The lowest BCUT2D eigenvalue weighted by atomic mass is 10.1. The van der Waals surface area contributed by atoms with Gasteiger partial charge >= 0.3 is 5.97 Å². The lowest BCUT2D eigenvalue weighted by Gasteiger charge is -1.95. The summed E-state index contributed by atoms with van der Waals surface area (Å²) in [5.74, 6) is -1.43. The third kappa shape index (κ3) is 2.98. The number of carbonyl (C=O) groups is 1. The second kappa shape index (κ2) is 4.45. The van der Waals surface area contributed by atoms with Gasteiger partial charge in [-0.3, -0.25) is 9.59 Å². The van der Waals surface area contributed by atoms with Crippen molar-refractivity contribution in [2.75, 3.05) is 5.73 Å². The molecule has 0 aliphatic rings. The molecule has 1 rings (SSSR count). The first-order valence-electron chi connectivity index (χ1n) is 4.34. The molecule has 0 saturated heterocycles. The zero-order valence-electron chi connectivity index (χ0n) is 7.93. The first kappa shape index (κ1) is 11.0. The van der Waals surface area contributed by atoms with E-state index < -0.39 is 17.1 Å². The second-order valence-corrected chi connectivity index (χ2v) is 3.11. The van der Waals surface area contributed by atoms with Crippen LogP contribution in [0.3, 0.4) is 0 Å². The molecule has 0 spiro atoms. The smallest absolute Gasteiger partial charge is 0.303 e. The highest BCUT2D eigenvalue weighted by molar-refractivity contribution is 5.67. The highest BCUT2D eigenvalue weighted by Gasteiger charge is 2.03. The highest BCUT2D eigenvalue weighted by Crippen LogP contribution is 2.14. The Hall–Kier alpha value is -2.04. The largest absolute Gasteiger partial charge is 0.503 e. The average Bonchev–Trinajstić information content (AvgIpc) is 2.29. The zero-order chi connectivity index (χ0) is 11.4. The molecule has 0 amide bonds. The normalized spacial score (nSPS) is 9.87. The molecule has 0 fully saturated rings. The quantitative estimate of drug-likeness (QED) is 0.666. The number of aliphatic carboxylic acids is 1. The molecule has 1 aromatic rings. The van der Waals surface area contributed by atoms with Crippen LogP contribution in [0, 0.1) is 0 Å². The van der Waals surface area contributed by atoms with Crippen LogP contribution in [0.1, 0.15) is 12.0 Å². The molecule has 1 aromatic carbocycles. The first-order valence-corrected chi connectivity index (χ1v) is 4.34. The maximum atomic E-state index is 11.1. The molecule has 0 heterocycles. The first-order chi connectivity index (χ1) is 7.00. The molecule has 0 radical (unpaired) electrons. The molecule has 0 atom stereocenters. The van der Waals surface area contributed by atoms with Gasteiger partial charge in [-0.2, -0.15) is 0 Å². The fraction of sp³-hybridized carbons (Fsp3) is 0.200. The standard InChI is InChI=1S/C10H11NO4/c11-7-5-6(2-4-9(13)14)1-3-8(12)10(7)15/h1,3,5H,2,4H2,(H,13,14)(H3,11,12,15). The van der Waals surface area contributed by atoms with E-state index in [9.17, 15) is 14.7 Å². The van der Waals surface area contributed by atoms with Crippen molar-refractivity contribution in [2.45, 2.75) is 12.8 Å². The molecule has 4 N–H and O–H groups in total. The molecule has 0 aliphatic heterocycles. The number of aromatic hydroxyl groups is 1. The van der Waals surface area contributed by atoms with Crippen molar-refractivity contribution in [1.82, 2.24) is 0 Å². The van der Waals surface area contributed by atoms with E-state index >= 15 is 0 Å². The van der Waals surface area contributed by atoms with Gasteiger partial charge in [0.1, 0.15) is 0 Å². The molecule has 15 heavy (non-hydrogen) atoms. The van der Waals surface area contributed by atoms with Gasteiger partial charge in [-0.05, 0) is 24.1 Å². The number of carboxylic acid groups (broad SMARTS) is 1. The van der Waals surface area contributed by atoms with Gasteiger partial charge in [-0.1, -0.05) is 6.07 Å². The van der Waals surface area contributed by atoms with Crippen LogP contribution in [0.5, 0.6) is 5.75 Å². The minimum atomic E-state index is -0.924. The highest BCUT2D eigenvalue weighted by atomic mass is 16.4. The van der Waals surface area contributed by atoms with E-state index in [-0.39, 0.29) is 18.5 Å². The summed E-state index contributed by atoms with van der Waals surface area (Å²) >= 11 is 0. The third-order valence-electron chi connectivity index (χ3n) is 1.92. The van der Waals surface area contributed by atoms with Gasteiger partial charge in [0.15, 0.2) is 5.75 Å². The Morgan fingerprint density at radius 2 is 2.07 bits per heavy atom. The molecule has 0 aromatic heterocycles. The number of hydrogen-bond donors (Lipinski definition) is 3. The van der Waals surface area contributed by atoms with Crippen LogP contribution in [0.2, 0.25) is 0 Å². The Balaban J connectivity index is 3.03. The third-order valence-corrected chi connectivity index (χ3v) is 1.92. The van der Waals surface area contributed by atoms with Crippen LogP contribution in [0.4, 0.5) is 5.69 Å². The van der Waals surface area contributed by atoms with E-state index in [1.54, 1.807) is 0 Å². The molecule has 0 bridgehead atoms. The van der Waals surface area contributed by atoms with Crippen molar-refractivity contribution in [3.63, 3.8) is 0 Å². The molecule has 0 unspecified atom stereocenters. The number of carboxylic acids is 1. The van der Waals surface area contributed by atoms with E-state index in [1.807, 2.05) is 0 Å². The number of aryl methyl sites for hydroxylation is 1. The lowest BCUT2D eigenvalue weighted by molar-refractivity contribution is -0.136. The molecule has 0 aliphatic carbocycles. The Kier molecular flexibility index (Phi) is 3.28. The van der Waals surface area contributed by atoms with E-state index in [0.717, 1.165) is 0 Å². The molecular formula is C10H11NO4. The summed E-state index contributed by atoms with van der Waals surface area (Å²) in [6.07, 6.45) is 0.228. The van der Waals surface area contributed by atoms with E-state index in [1.165, 1.54) is 18.2 Å². The summed E-state index contributed by atoms with van der Waals surface area (Å²) in [5, 5.41) is 17.7. The Morgan fingerprint density at radius 3 is 2.67 bits per heavy atom. The van der Waals surface area contributed by atoms with Crippen LogP contribution >= 0.6 is 0 Å². The summed E-state index contributed by atoms with van der Waals surface area (Å²) in [6.45, 7) is 0. The molecule has 0 saturated carbocycles. The predicted molar refractivity (Wildman–Crippen MR) is 54.7 cm³/mol. The maximum absolute atomic E-state index is 11.1. The van der Waals surface area contributed by atoms with E-state index in [0.29, 0.717) is 5.56 Å². The fourth-order valence-electron chi connectivity index (χ4n) is 1.13. The van der Waals surface area contributed by atoms with Crippen LogP contribution in [0.15, 0.2) is 23.0 Å². The van der Waals surface area contributed by atoms with Crippen molar-refractivity contribution >= 4 is 11.7 Å². The van der Waals surface area contributed by atoms with Crippen molar-refractivity contribution in [3.8, 4) is 5.75 Å². The van der Waals surface area contributed by atoms with Gasteiger partial charge in [-0.25, -0.2) is 0 Å². The monoisotopic (exact) mass is 209 g/mol. The zero-order valence-corrected chi connectivity index (χ0v) is 7.93. The molecule has 5 nitrogen and oxygen atoms in total. The summed E-state index contributed by atoms with van der Waals surface area (Å²) in [4.78, 5) is 21.4. The van der Waals surface area contributed by atoms with E-state index in [2.05, 4.69) is 0 Å². The van der Waals surface area contributed by atoms with Crippen molar-refractivity contribution < 1.29 is 15.0 Å². The van der Waals surface area contributed by atoms with Crippen molar-refractivity contribution in [3.05, 3.63) is 34.0 Å². The fourth-order valence-corrected chi connectivity index (χ4v) is 1.13. The van der Waals surface area contributed by atoms with Gasteiger partial charge in [-0.15, -0.1) is 0 Å². The van der Waals surface area contributed by atoms with Crippen molar-refractivity contribution in [2.24, 2.45) is 0 Å². The number of rotatable bonds is 3. The predicted octanol–water partition coefficient (Wildman–Crippen LogP) is 0.352. The summed E-state index contributed by atoms with van der Waals surface area (Å²) < 4.78 is 0. The summed E-state index contributed by atoms with van der Waals surface area (Å²) in [6, 6.07) is 4.03. The Bertz CT molecular complexity index is 442. The van der Waals surface area contributed by atoms with Gasteiger partial charge in [0.25, 0.3) is 0 Å². The van der Waals surface area contributed by atoms with Crippen molar-refractivity contribution in [1.29, 1.82) is 0 Å². The maximum Gasteiger partial charge on any atom is 0.303 e. The second-order valence-electron chi connectivity index (χ2n) is 3.11. The summed E-state index contributed by atoms with van der Waals surface area (Å²) in [7, 11) is 0. The van der Waals surface area contributed by atoms with Gasteiger partial charge in [0.05, 0.1) is 5.69 Å². The summed E-state index contributed by atoms with van der Waals surface area (Å²) in [5.41, 5.74) is 5.40. The minimum Gasteiger partial charge on any atom is -0.503 e. The number of anilines is 1. The van der Waals surface area contributed by atoms with Gasteiger partial charge in [0, 0.05) is 6.42 Å². The van der Waals surface area contributed by atoms with Crippen LogP contribution in [-0.2, 0) is 11.2 Å². The SMILES string of the molecule is Nc1cc(CCC(=O)O)ccc(=O)c1O. The number of nitrogens with two attached hydrogens (primary N) is 1. The number of hydrogen-bond acceptors (Lipinski definition) is 4. The Labute approximate surface area is 85.8 Å². The molecular weight excluding hydrogens is 198 g/mol. The average molecular weight is 209 g/mol. The van der Waals surface area contributed by atoms with Crippen LogP contribution < -0.4 is 11.2 Å². The van der Waals surface area contributed by atoms with Crippen LogP contribution in [-0.4, -0.2) is 16.2 Å². The van der Waals surface area contributed by atoms with E-state index in [4.69, 9.17) is 10.8 Å².